The van der Waals surface area contributed by atoms with Gasteiger partial charge in [-0.15, -0.1) is 6.67 Å². The molecule has 3 heteroatoms. The van der Waals surface area contributed by atoms with E-state index in [1.165, 1.54) is 33.6 Å². The van der Waals surface area contributed by atoms with E-state index in [0.29, 0.717) is 23.7 Å². The van der Waals surface area contributed by atoms with E-state index in [2.05, 4.69) is 121 Å². The van der Waals surface area contributed by atoms with E-state index < -0.39 is 0 Å². The Bertz CT molecular complexity index is 757. The van der Waals surface area contributed by atoms with Crippen LogP contribution in [0.2, 0.25) is 0 Å². The van der Waals surface area contributed by atoms with Crippen molar-refractivity contribution in [3.63, 3.8) is 0 Å². The smallest absolute Gasteiger partial charge is 0.479 e. The van der Waals surface area contributed by atoms with Crippen molar-refractivity contribution in [2.24, 2.45) is 0 Å². The normalized spacial score (nSPS) is 13.4. The molecule has 0 saturated carbocycles. The minimum absolute atomic E-state index is 0. The van der Waals surface area contributed by atoms with Gasteiger partial charge in [-0.2, -0.15) is 0 Å². The largest absolute Gasteiger partial charge is 2.00 e. The third kappa shape index (κ3) is 5.42. The molecule has 31 heavy (non-hydrogen) atoms. The summed E-state index contributed by atoms with van der Waals surface area (Å²) in [5.74, 6) is 1.92. The molecule has 0 fully saturated rings. The van der Waals surface area contributed by atoms with Gasteiger partial charge in [0.2, 0.25) is 0 Å². The van der Waals surface area contributed by atoms with Gasteiger partial charge in [0, 0.05) is 11.4 Å². The first-order chi connectivity index (χ1) is 13.7. The zero-order valence-electron chi connectivity index (χ0n) is 21.1. The van der Waals surface area contributed by atoms with Crippen molar-refractivity contribution in [3.8, 4) is 0 Å². The molecule has 0 atom stereocenters. The van der Waals surface area contributed by atoms with Crippen LogP contribution in [-0.4, -0.2) is 10.1 Å². The number of para-hydroxylation sites is 2. The Morgan fingerprint density at radius 1 is 0.548 bits per heavy atom. The minimum Gasteiger partial charge on any atom is -0.479 e. The summed E-state index contributed by atoms with van der Waals surface area (Å²) in [7, 11) is 0. The van der Waals surface area contributed by atoms with Gasteiger partial charge in [0.05, 0.1) is 0 Å². The molecule has 0 saturated heterocycles. The maximum absolute atomic E-state index is 2.33. The Labute approximate surface area is 195 Å². The van der Waals surface area contributed by atoms with Crippen molar-refractivity contribution in [3.05, 3.63) is 85.1 Å². The van der Waals surface area contributed by atoms with Gasteiger partial charge in [0.15, 0.2) is 0 Å². The maximum atomic E-state index is 2.33. The van der Waals surface area contributed by atoms with Gasteiger partial charge >= 0.3 is 10.1 Å². The molecular weight excluding hydrogens is 373 g/mol. The number of nitrogens with zero attached hydrogens (tertiary/aromatic N) is 2. The second kappa shape index (κ2) is 11.0. The van der Waals surface area contributed by atoms with Crippen molar-refractivity contribution in [1.29, 1.82) is 0 Å². The molecule has 2 aromatic carbocycles. The van der Waals surface area contributed by atoms with Crippen LogP contribution < -0.4 is 9.80 Å². The van der Waals surface area contributed by atoms with Crippen LogP contribution in [0.3, 0.4) is 0 Å². The van der Waals surface area contributed by atoms with Crippen LogP contribution in [-0.2, 0) is 0 Å². The average Bonchev–Trinajstić information content (AvgIpc) is 3.15. The first-order valence-corrected chi connectivity index (χ1v) is 11.1. The summed E-state index contributed by atoms with van der Waals surface area (Å²) < 4.78 is 0. The molecule has 1 aliphatic heterocycles. The molecule has 2 aromatic rings. The predicted octanol–water partition coefficient (Wildman–Crippen LogP) is 8.17. The summed E-state index contributed by atoms with van der Waals surface area (Å²) in [4.78, 5) is 4.65. The summed E-state index contributed by atoms with van der Waals surface area (Å²) in [5, 5.41) is 0. The van der Waals surface area contributed by atoms with Crippen LogP contribution >= 0.6 is 0 Å². The molecule has 0 amide bonds. The summed E-state index contributed by atoms with van der Waals surface area (Å²) in [5.41, 5.74) is 8.29. The zero-order valence-corrected chi connectivity index (χ0v) is 21.1. The Kier molecular flexibility index (Phi) is 9.58. The zero-order chi connectivity index (χ0) is 21.3. The molecule has 164 valence electrons. The molecule has 3 rings (SSSR count). The fourth-order valence-electron chi connectivity index (χ4n) is 4.24. The number of rotatable bonds is 6. The van der Waals surface area contributed by atoms with Gasteiger partial charge in [0.1, 0.15) is 0 Å². The molecular formula is C28H40BeN2. The second-order valence-corrected chi connectivity index (χ2v) is 9.42. The van der Waals surface area contributed by atoms with Crippen LogP contribution in [0.25, 0.3) is 0 Å². The van der Waals surface area contributed by atoms with Crippen LogP contribution in [0.5, 0.6) is 0 Å². The first-order valence-electron chi connectivity index (χ1n) is 11.1. The number of benzene rings is 2. The predicted molar refractivity (Wildman–Crippen MR) is 140 cm³/mol. The molecule has 0 radical (unpaired) electrons. The van der Waals surface area contributed by atoms with E-state index in [1.807, 2.05) is 0 Å². The van der Waals surface area contributed by atoms with Gasteiger partial charge in [-0.25, -0.2) is 0 Å². The van der Waals surface area contributed by atoms with E-state index in [4.69, 9.17) is 0 Å². The van der Waals surface area contributed by atoms with E-state index >= 15 is 0 Å². The van der Waals surface area contributed by atoms with Gasteiger partial charge in [-0.05, 0) is 58.3 Å². The van der Waals surface area contributed by atoms with Crippen molar-refractivity contribution in [2.75, 3.05) is 9.80 Å². The summed E-state index contributed by atoms with van der Waals surface area (Å²) in [6.07, 6.45) is 4.43. The van der Waals surface area contributed by atoms with Crippen molar-refractivity contribution >= 4 is 21.5 Å². The van der Waals surface area contributed by atoms with E-state index in [1.54, 1.807) is 0 Å². The molecule has 0 aliphatic carbocycles. The Morgan fingerprint density at radius 2 is 0.806 bits per heavy atom. The summed E-state index contributed by atoms with van der Waals surface area (Å²) in [6.45, 7) is 20.5. The monoisotopic (exact) mass is 413 g/mol. The van der Waals surface area contributed by atoms with Crippen LogP contribution in [0.4, 0.5) is 11.4 Å². The first kappa shape index (κ1) is 27.0. The van der Waals surface area contributed by atoms with Gasteiger partial charge < -0.3 is 17.2 Å². The van der Waals surface area contributed by atoms with Crippen LogP contribution in [0.15, 0.2) is 48.8 Å². The molecule has 0 bridgehead atoms. The molecule has 0 spiro atoms. The molecule has 0 unspecified atom stereocenters. The Hall–Kier alpha value is -2.05. The van der Waals surface area contributed by atoms with Gasteiger partial charge in [-0.3, -0.25) is 0 Å². The Morgan fingerprint density at radius 3 is 1.03 bits per heavy atom. The van der Waals surface area contributed by atoms with E-state index in [0.717, 1.165) is 0 Å². The Balaban J connectivity index is 0.00000240. The summed E-state index contributed by atoms with van der Waals surface area (Å²) in [6, 6.07) is 13.5. The second-order valence-electron chi connectivity index (χ2n) is 9.42. The average molecular weight is 414 g/mol. The standard InChI is InChI=1S/C27H37N2.CH3.Be/c1-18(2)22-11-9-12-23(19(3)4)26(22)28-15-16-29(17-28)27-24(20(5)6)13-10-14-25(27)21(7)8;;/h9-21H,1-8H3;1H3;/q2*-1;+2. The number of hydrogen-bond acceptors (Lipinski definition) is 2. The van der Waals surface area contributed by atoms with E-state index in [-0.39, 0.29) is 17.5 Å². The van der Waals surface area contributed by atoms with E-state index in [9.17, 15) is 0 Å². The fraction of sp³-hybridized carbons (Fsp3) is 0.429. The molecule has 0 aromatic heterocycles. The molecule has 2 nitrogen and oxygen atoms in total. The van der Waals surface area contributed by atoms with Crippen LogP contribution in [0, 0.1) is 14.1 Å². The molecule has 1 aliphatic rings. The quantitative estimate of drug-likeness (QED) is 0.348. The van der Waals surface area contributed by atoms with Crippen molar-refractivity contribution in [2.45, 2.75) is 79.1 Å². The number of anilines is 2. The summed E-state index contributed by atoms with van der Waals surface area (Å²) >= 11 is 0. The third-order valence-electron chi connectivity index (χ3n) is 5.84. The topological polar surface area (TPSA) is 6.48 Å². The maximum Gasteiger partial charge on any atom is 2.00 e. The fourth-order valence-corrected chi connectivity index (χ4v) is 4.24. The molecule has 1 heterocycles. The van der Waals surface area contributed by atoms with Crippen LogP contribution in [0.1, 0.15) is 101 Å². The number of hydrogen-bond donors (Lipinski definition) is 0. The SMILES string of the molecule is CC(C)c1cccc(C(C)C)c1N1C=CN(c2c(C(C)C)cccc2C(C)C)[CH-]1.[Be+2].[CH3-]. The minimum atomic E-state index is 0. The van der Waals surface area contributed by atoms with Gasteiger partial charge in [-0.1, -0.05) is 91.8 Å². The van der Waals surface area contributed by atoms with Crippen molar-refractivity contribution < 1.29 is 0 Å². The van der Waals surface area contributed by atoms with Gasteiger partial charge in [0.25, 0.3) is 0 Å². The third-order valence-corrected chi connectivity index (χ3v) is 5.84. The van der Waals surface area contributed by atoms with Crippen molar-refractivity contribution in [1.82, 2.24) is 0 Å². The molecule has 0 N–H and O–H groups in total.